The van der Waals surface area contributed by atoms with Crippen molar-refractivity contribution < 1.29 is 9.18 Å². The number of aromatic amines is 1. The van der Waals surface area contributed by atoms with Crippen LogP contribution in [-0.2, 0) is 0 Å². The number of carbonyl (C=O) groups excluding carboxylic acids is 1. The smallest absolute Gasteiger partial charge is 0.324 e. The molecule has 0 unspecified atom stereocenters. The normalized spacial score (nSPS) is 15.2. The Morgan fingerprint density at radius 3 is 2.71 bits per heavy atom. The molecule has 28 heavy (non-hydrogen) atoms. The first-order chi connectivity index (χ1) is 13.4. The predicted molar refractivity (Wildman–Crippen MR) is 111 cm³/mol. The largest absolute Gasteiger partial charge is 0.326 e. The van der Waals surface area contributed by atoms with Crippen LogP contribution < -0.4 is 11.0 Å². The highest BCUT2D eigenvalue weighted by atomic mass is 79.9. The Hall–Kier alpha value is -2.32. The second-order valence-electron chi connectivity index (χ2n) is 6.71. The van der Waals surface area contributed by atoms with Gasteiger partial charge in [-0.15, -0.1) is 0 Å². The second-order valence-corrected chi connectivity index (χ2v) is 7.97. The van der Waals surface area contributed by atoms with E-state index in [-0.39, 0.29) is 22.8 Å². The van der Waals surface area contributed by atoms with E-state index in [0.717, 1.165) is 15.5 Å². The first-order valence-corrected chi connectivity index (χ1v) is 10.0. The Labute approximate surface area is 173 Å². The zero-order valence-electron chi connectivity index (χ0n) is 14.7. The van der Waals surface area contributed by atoms with Crippen molar-refractivity contribution in [3.8, 4) is 0 Å². The van der Waals surface area contributed by atoms with Crippen LogP contribution in [0, 0.1) is 5.82 Å². The lowest BCUT2D eigenvalue weighted by Gasteiger charge is -2.32. The zero-order chi connectivity index (χ0) is 19.8. The Morgan fingerprint density at radius 2 is 2.00 bits per heavy atom. The molecule has 1 aliphatic rings. The number of fused-ring (bicyclic) bond motifs is 1. The lowest BCUT2D eigenvalue weighted by atomic mass is 10.0. The molecule has 3 aromatic rings. The Balaban J connectivity index is 1.45. The number of aromatic nitrogens is 2. The molecule has 9 heteroatoms. The van der Waals surface area contributed by atoms with Gasteiger partial charge in [0.05, 0.1) is 16.1 Å². The lowest BCUT2D eigenvalue weighted by Crippen LogP contribution is -2.42. The van der Waals surface area contributed by atoms with Crippen molar-refractivity contribution in [2.75, 3.05) is 18.4 Å². The summed E-state index contributed by atoms with van der Waals surface area (Å²) in [6.45, 7) is 0.999. The van der Waals surface area contributed by atoms with E-state index < -0.39 is 5.82 Å². The van der Waals surface area contributed by atoms with Crippen molar-refractivity contribution in [1.29, 1.82) is 0 Å². The van der Waals surface area contributed by atoms with E-state index in [4.69, 9.17) is 11.6 Å². The van der Waals surface area contributed by atoms with E-state index in [1.165, 1.54) is 12.1 Å². The summed E-state index contributed by atoms with van der Waals surface area (Å²) >= 11 is 9.12. The van der Waals surface area contributed by atoms with Crippen molar-refractivity contribution in [3.63, 3.8) is 0 Å². The molecule has 2 amide bonds. The Bertz CT molecular complexity index is 1100. The first-order valence-electron chi connectivity index (χ1n) is 8.84. The highest BCUT2D eigenvalue weighted by molar-refractivity contribution is 9.10. The summed E-state index contributed by atoms with van der Waals surface area (Å²) in [6.07, 6.45) is 1.31. The molecule has 0 radical (unpaired) electrons. The summed E-state index contributed by atoms with van der Waals surface area (Å²) in [5.74, 6) is -0.581. The minimum absolute atomic E-state index is 0.00702. The third-order valence-electron chi connectivity index (χ3n) is 4.99. The first kappa shape index (κ1) is 19.0. The van der Waals surface area contributed by atoms with Crippen molar-refractivity contribution in [1.82, 2.24) is 14.5 Å². The van der Waals surface area contributed by atoms with Crippen molar-refractivity contribution in [2.45, 2.75) is 18.9 Å². The van der Waals surface area contributed by atoms with Gasteiger partial charge in [-0.05, 0) is 59.1 Å². The van der Waals surface area contributed by atoms with Crippen LogP contribution in [0.15, 0.2) is 45.7 Å². The number of imidazole rings is 1. The molecule has 0 spiro atoms. The topological polar surface area (TPSA) is 70.1 Å². The van der Waals surface area contributed by atoms with Gasteiger partial charge < -0.3 is 15.2 Å². The van der Waals surface area contributed by atoms with Crippen LogP contribution in [0.5, 0.6) is 0 Å². The number of urea groups is 1. The van der Waals surface area contributed by atoms with Crippen LogP contribution in [0.1, 0.15) is 18.9 Å². The maximum Gasteiger partial charge on any atom is 0.326 e. The number of H-pyrrole nitrogens is 1. The van der Waals surface area contributed by atoms with Crippen LogP contribution in [0.2, 0.25) is 5.02 Å². The quantitative estimate of drug-likeness (QED) is 0.571. The number of amides is 2. The third-order valence-corrected chi connectivity index (χ3v) is 5.96. The van der Waals surface area contributed by atoms with Crippen molar-refractivity contribution in [2.24, 2.45) is 0 Å². The summed E-state index contributed by atoms with van der Waals surface area (Å²) in [7, 11) is 0. The van der Waals surface area contributed by atoms with E-state index in [9.17, 15) is 14.0 Å². The van der Waals surface area contributed by atoms with Crippen LogP contribution in [0.25, 0.3) is 11.0 Å². The standard InChI is InChI=1S/C19H17BrClFN4O2/c20-13-2-1-3-16-17(13)24-19(28)26(16)12-6-8-25(9-7-12)18(27)23-11-4-5-14(21)15(22)10-11/h1-5,10,12H,6-9H2,(H,23,27)(H,24,28). The fourth-order valence-electron chi connectivity index (χ4n) is 3.58. The third kappa shape index (κ3) is 3.54. The number of hydrogen-bond donors (Lipinski definition) is 2. The zero-order valence-corrected chi connectivity index (χ0v) is 17.1. The highest BCUT2D eigenvalue weighted by Crippen LogP contribution is 2.28. The molecule has 1 fully saturated rings. The maximum atomic E-state index is 13.5. The number of likely N-dealkylation sites (tertiary alicyclic amines) is 1. The molecule has 0 saturated carbocycles. The summed E-state index contributed by atoms with van der Waals surface area (Å²) in [5.41, 5.74) is 1.82. The molecule has 1 aliphatic heterocycles. The van der Waals surface area contributed by atoms with Gasteiger partial charge in [0.15, 0.2) is 0 Å². The summed E-state index contributed by atoms with van der Waals surface area (Å²) < 4.78 is 16.1. The summed E-state index contributed by atoms with van der Waals surface area (Å²) in [4.78, 5) is 29.5. The van der Waals surface area contributed by atoms with Crippen molar-refractivity contribution >= 4 is 50.3 Å². The Kier molecular flexibility index (Phi) is 5.16. The number of hydrogen-bond acceptors (Lipinski definition) is 2. The number of anilines is 1. The maximum absolute atomic E-state index is 13.5. The number of carbonyl (C=O) groups is 1. The van der Waals surface area contributed by atoms with E-state index >= 15 is 0 Å². The van der Waals surface area contributed by atoms with Gasteiger partial charge in [0.25, 0.3) is 0 Å². The van der Waals surface area contributed by atoms with Gasteiger partial charge in [-0.1, -0.05) is 17.7 Å². The van der Waals surface area contributed by atoms with Crippen molar-refractivity contribution in [3.05, 3.63) is 62.2 Å². The van der Waals surface area contributed by atoms with Crippen LogP contribution in [-0.4, -0.2) is 33.6 Å². The van der Waals surface area contributed by atoms with Gasteiger partial charge in [0.1, 0.15) is 5.82 Å². The molecule has 2 heterocycles. The molecule has 6 nitrogen and oxygen atoms in total. The minimum Gasteiger partial charge on any atom is -0.324 e. The van der Waals surface area contributed by atoms with E-state index in [1.54, 1.807) is 15.5 Å². The Morgan fingerprint density at radius 1 is 1.25 bits per heavy atom. The average Bonchev–Trinajstić information content (AvgIpc) is 3.02. The summed E-state index contributed by atoms with van der Waals surface area (Å²) in [6, 6.07) is 9.54. The highest BCUT2D eigenvalue weighted by Gasteiger charge is 2.26. The molecule has 2 N–H and O–H groups in total. The van der Waals surface area contributed by atoms with Gasteiger partial charge in [-0.2, -0.15) is 0 Å². The SMILES string of the molecule is O=C(Nc1ccc(Cl)c(F)c1)N1CCC(n2c(=O)[nH]c3c(Br)cccc32)CC1. The van der Waals surface area contributed by atoms with Crippen LogP contribution in [0.3, 0.4) is 0 Å². The van der Waals surface area contributed by atoms with Gasteiger partial charge >= 0.3 is 11.7 Å². The molecule has 2 aromatic carbocycles. The average molecular weight is 468 g/mol. The number of para-hydroxylation sites is 1. The number of nitrogens with zero attached hydrogens (tertiary/aromatic N) is 2. The molecule has 0 aliphatic carbocycles. The molecule has 4 rings (SSSR count). The number of piperidine rings is 1. The molecular formula is C19H17BrClFN4O2. The molecule has 1 aromatic heterocycles. The van der Waals surface area contributed by atoms with E-state index in [1.807, 2.05) is 18.2 Å². The summed E-state index contributed by atoms with van der Waals surface area (Å²) in [5, 5.41) is 2.69. The number of halogens is 3. The fraction of sp³-hybridized carbons (Fsp3) is 0.263. The predicted octanol–water partition coefficient (Wildman–Crippen LogP) is 4.75. The van der Waals surface area contributed by atoms with Crippen LogP contribution in [0.4, 0.5) is 14.9 Å². The second kappa shape index (κ2) is 7.60. The van der Waals surface area contributed by atoms with Gasteiger partial charge in [-0.3, -0.25) is 4.57 Å². The monoisotopic (exact) mass is 466 g/mol. The van der Waals surface area contributed by atoms with E-state index in [2.05, 4.69) is 26.2 Å². The fourth-order valence-corrected chi connectivity index (χ4v) is 4.15. The number of rotatable bonds is 2. The van der Waals surface area contributed by atoms with Gasteiger partial charge in [0, 0.05) is 29.3 Å². The van der Waals surface area contributed by atoms with Gasteiger partial charge in [-0.25, -0.2) is 14.0 Å². The number of benzene rings is 2. The van der Waals surface area contributed by atoms with Crippen LogP contribution >= 0.6 is 27.5 Å². The van der Waals surface area contributed by atoms with Gasteiger partial charge in [0.2, 0.25) is 0 Å². The molecule has 0 bridgehead atoms. The van der Waals surface area contributed by atoms with E-state index in [0.29, 0.717) is 31.6 Å². The minimum atomic E-state index is -0.581. The number of nitrogens with one attached hydrogen (secondary N) is 2. The molecular weight excluding hydrogens is 451 g/mol. The molecule has 1 saturated heterocycles. The lowest BCUT2D eigenvalue weighted by molar-refractivity contribution is 0.184. The molecule has 146 valence electrons. The molecule has 0 atom stereocenters.